The Balaban J connectivity index is 0.000000247. The van der Waals surface area contributed by atoms with Gasteiger partial charge in [-0.05, 0) is 180 Å². The Kier molecular flexibility index (Phi) is 35.9. The van der Waals surface area contributed by atoms with Crippen LogP contribution in [0, 0.1) is 249 Å². The summed E-state index contributed by atoms with van der Waals surface area (Å²) in [6.45, 7) is 3.86. The molecule has 4 aromatic carbocycles. The number of pyridine rings is 6. The molecule has 0 aliphatic rings. The Labute approximate surface area is 669 Å². The first kappa shape index (κ1) is 82.9. The van der Waals surface area contributed by atoms with Crippen molar-refractivity contribution in [1.29, 1.82) is 0 Å². The van der Waals surface area contributed by atoms with E-state index in [4.69, 9.17) is 35.7 Å². The monoisotopic (exact) mass is 1600 g/mol. The Morgan fingerprint density at radius 1 is 0.378 bits per heavy atom. The first-order valence-corrected chi connectivity index (χ1v) is 31.4. The molecule has 0 bridgehead atoms. The number of nitrogens with zero attached hydrogens (tertiary/aromatic N) is 8. The standard InChI is InChI=1S/C41H4.C25H16N4O.C25H14N4O.2C2H4O2.2Pd/c1-3-5-7-9-11-13-15-17-19-21-23-25-27-29-31-33-35-37-39-41-40-38-36-34-32-30-28-26-24-22-20-18-16-14-12-10-8-6-4-2;2*1-2-11-26-22(7-1)17-5-3-6-18(15-17)30-19-9-10-20-21(16-19)25-28-13-14-29(25)23-8-4-12-27-24(20)23;2*1-2(3)4;;/h1H,2H3;1-16H;1-14H;2*1H3,(H,3,4);;/q;;-2;;;;+2. The summed E-state index contributed by atoms with van der Waals surface area (Å²) >= 11 is 0. The summed E-state index contributed by atoms with van der Waals surface area (Å²) in [5, 5.41) is 18.7. The molecule has 0 saturated heterocycles. The van der Waals surface area contributed by atoms with Gasteiger partial charge in [0.2, 0.25) is 0 Å². The molecule has 0 aliphatic carbocycles. The number of hydrogen-bond donors (Lipinski definition) is 2. The predicted octanol–water partition coefficient (Wildman–Crippen LogP) is 12.3. The van der Waals surface area contributed by atoms with Crippen molar-refractivity contribution in [3.8, 4) is 283 Å². The van der Waals surface area contributed by atoms with Crippen LogP contribution in [-0.4, -0.2) is 60.9 Å². The number of fused-ring (bicyclic) bond motifs is 12. The van der Waals surface area contributed by atoms with E-state index in [0.717, 1.165) is 103 Å². The van der Waals surface area contributed by atoms with Crippen LogP contribution in [0.2, 0.25) is 0 Å². The average molecular weight is 1600 g/mol. The molecule has 8 aromatic heterocycles. The molecule has 2 N–H and O–H groups in total. The van der Waals surface area contributed by atoms with Gasteiger partial charge in [0.15, 0.2) is 0 Å². The molecular formula is C95H42N8O6Pd2. The van der Waals surface area contributed by atoms with Crippen LogP contribution in [0.4, 0.5) is 0 Å². The summed E-state index contributed by atoms with van der Waals surface area (Å²) in [6.07, 6.45) is 19.6. The van der Waals surface area contributed by atoms with E-state index < -0.39 is 11.9 Å². The zero-order valence-corrected chi connectivity index (χ0v) is 61.2. The van der Waals surface area contributed by atoms with Crippen molar-refractivity contribution >= 4 is 66.8 Å². The van der Waals surface area contributed by atoms with Crippen LogP contribution in [0.25, 0.3) is 77.4 Å². The van der Waals surface area contributed by atoms with Crippen LogP contribution in [0.5, 0.6) is 23.0 Å². The van der Waals surface area contributed by atoms with Crippen LogP contribution in [0.1, 0.15) is 20.8 Å². The Morgan fingerprint density at radius 3 is 1.25 bits per heavy atom. The van der Waals surface area contributed by atoms with E-state index in [1.54, 1.807) is 31.7 Å². The van der Waals surface area contributed by atoms with E-state index in [2.05, 4.69) is 289 Å². The first-order chi connectivity index (χ1) is 53.6. The maximum Gasteiger partial charge on any atom is 2.00 e. The second-order valence-corrected chi connectivity index (χ2v) is 20.0. The van der Waals surface area contributed by atoms with Crippen LogP contribution in [0.15, 0.2) is 183 Å². The number of rotatable bonds is 6. The molecule has 0 aliphatic heterocycles. The second kappa shape index (κ2) is 48.0. The quantitative estimate of drug-likeness (QED) is 0.0697. The van der Waals surface area contributed by atoms with Crippen molar-refractivity contribution in [2.24, 2.45) is 0 Å². The third-order valence-electron chi connectivity index (χ3n) is 12.7. The van der Waals surface area contributed by atoms with E-state index in [9.17, 15) is 0 Å². The van der Waals surface area contributed by atoms with Gasteiger partial charge in [0, 0.05) is 242 Å². The van der Waals surface area contributed by atoms with Crippen molar-refractivity contribution in [3.05, 3.63) is 195 Å². The van der Waals surface area contributed by atoms with E-state index in [1.807, 2.05) is 151 Å². The van der Waals surface area contributed by atoms with Gasteiger partial charge in [0.05, 0.1) is 33.4 Å². The minimum absolute atomic E-state index is 0. The van der Waals surface area contributed by atoms with E-state index in [-0.39, 0.29) is 40.8 Å². The van der Waals surface area contributed by atoms with Gasteiger partial charge < -0.3 is 29.1 Å². The molecule has 518 valence electrons. The predicted molar refractivity (Wildman–Crippen MR) is 422 cm³/mol. The fourth-order valence-electron chi connectivity index (χ4n) is 8.74. The number of terminal acetylenes is 1. The smallest absolute Gasteiger partial charge is 0.497 e. The third kappa shape index (κ3) is 28.3. The Bertz CT molecular complexity index is 6710. The number of benzene rings is 4. The number of carbonyl (C=O) groups is 2. The maximum absolute atomic E-state index is 9.00. The zero-order valence-electron chi connectivity index (χ0n) is 58.1. The van der Waals surface area contributed by atoms with Crippen LogP contribution >= 0.6 is 0 Å². The van der Waals surface area contributed by atoms with Crippen molar-refractivity contribution in [1.82, 2.24) is 38.7 Å². The molecule has 12 aromatic rings. The maximum atomic E-state index is 9.00. The van der Waals surface area contributed by atoms with Crippen molar-refractivity contribution in [3.63, 3.8) is 0 Å². The van der Waals surface area contributed by atoms with Crippen LogP contribution in [0.3, 0.4) is 0 Å². The largest absolute Gasteiger partial charge is 2.00 e. The zero-order chi connectivity index (χ0) is 76.6. The van der Waals surface area contributed by atoms with Gasteiger partial charge >= 0.3 is 20.4 Å². The van der Waals surface area contributed by atoms with Crippen molar-refractivity contribution in [2.75, 3.05) is 0 Å². The molecule has 0 fully saturated rings. The number of aliphatic carboxylic acids is 2. The van der Waals surface area contributed by atoms with Crippen molar-refractivity contribution < 1.29 is 70.1 Å². The molecule has 0 unspecified atom stereocenters. The van der Waals surface area contributed by atoms with Crippen LogP contribution < -0.4 is 9.47 Å². The molecule has 111 heavy (non-hydrogen) atoms. The summed E-state index contributed by atoms with van der Waals surface area (Å²) in [6, 6.07) is 50.0. The number of imidazole rings is 2. The molecule has 0 saturated carbocycles. The van der Waals surface area contributed by atoms with Gasteiger partial charge in [-0.2, -0.15) is 0 Å². The summed E-state index contributed by atoms with van der Waals surface area (Å²) in [7, 11) is 0. The molecule has 0 amide bonds. The van der Waals surface area contributed by atoms with Crippen molar-refractivity contribution in [2.45, 2.75) is 20.8 Å². The molecule has 0 spiro atoms. The van der Waals surface area contributed by atoms with Gasteiger partial charge in [0.25, 0.3) is 11.9 Å². The summed E-state index contributed by atoms with van der Waals surface area (Å²) in [5.41, 5.74) is 9.26. The first-order valence-electron chi connectivity index (χ1n) is 31.4. The summed E-state index contributed by atoms with van der Waals surface area (Å²) in [5.74, 6) is 97.9. The summed E-state index contributed by atoms with van der Waals surface area (Å²) < 4.78 is 16.4. The number of ether oxygens (including phenoxy) is 2. The van der Waals surface area contributed by atoms with Gasteiger partial charge in [-0.15, -0.1) is 36.3 Å². The van der Waals surface area contributed by atoms with Gasteiger partial charge in [-0.3, -0.25) is 33.9 Å². The summed E-state index contributed by atoms with van der Waals surface area (Å²) in [4.78, 5) is 45.1. The topological polar surface area (TPSA) is 179 Å². The number of aromatic nitrogens is 8. The van der Waals surface area contributed by atoms with E-state index in [1.165, 1.54) is 0 Å². The van der Waals surface area contributed by atoms with Gasteiger partial charge in [-0.1, -0.05) is 65.2 Å². The second-order valence-electron chi connectivity index (χ2n) is 20.0. The average Bonchev–Trinajstić information content (AvgIpc) is 1.73. The number of carboxylic acid groups (broad SMARTS) is 2. The molecule has 8 heterocycles. The van der Waals surface area contributed by atoms with E-state index >= 15 is 0 Å². The number of hydrogen-bond acceptors (Lipinski definition) is 10. The molecule has 12 rings (SSSR count). The minimum atomic E-state index is -0.833. The molecule has 16 heteroatoms. The number of carboxylic acids is 2. The SMILES string of the molecule is C#CC#CC#CC#CC#CC#CC#CC#CC#CC#CC#CC#CC#CC#CC#CC#CC#CC#CC#CC#CC.CC(=O)O.CC(=O)O.[Pd+2].[Pd].[c-]1c(Oc2[c-]c3c(cc2)c2ncccc2n2ccnc32)cccc1-c1ccccn1.c1ccc(-c2cccc(Oc3ccc4c(c3)c3nccn3c3cccnc43)c2)nc1. The fraction of sp³-hybridized carbons (Fsp3) is 0.0316. The fourth-order valence-corrected chi connectivity index (χ4v) is 8.74. The molecule has 0 radical (unpaired) electrons. The Hall–Kier alpha value is -17.0. The minimum Gasteiger partial charge on any atom is -0.497 e. The molecule has 14 nitrogen and oxygen atoms in total. The van der Waals surface area contributed by atoms with Crippen LogP contribution in [-0.2, 0) is 50.4 Å². The Morgan fingerprint density at radius 2 is 0.784 bits per heavy atom. The van der Waals surface area contributed by atoms with E-state index in [0.29, 0.717) is 11.5 Å². The van der Waals surface area contributed by atoms with Gasteiger partial charge in [0.1, 0.15) is 17.1 Å². The normalized spacial score (nSPS) is 8.02. The molecular weight excluding hydrogens is 1560 g/mol. The van der Waals surface area contributed by atoms with Gasteiger partial charge in [-0.25, -0.2) is 4.98 Å². The third-order valence-corrected chi connectivity index (χ3v) is 12.7. The molecule has 0 atom stereocenters.